The lowest BCUT2D eigenvalue weighted by molar-refractivity contribution is 0.501. The van der Waals surface area contributed by atoms with Crippen LogP contribution in [0.15, 0.2) is 24.3 Å². The Bertz CT molecular complexity index is 341. The SMILES string of the molecule is CCSCCC(CNC(C)C)c1ccccc1F. The second-order valence-electron chi connectivity index (χ2n) is 4.77. The summed E-state index contributed by atoms with van der Waals surface area (Å²) in [4.78, 5) is 0. The van der Waals surface area contributed by atoms with Gasteiger partial charge in [-0.15, -0.1) is 0 Å². The first-order valence-corrected chi connectivity index (χ1v) is 7.86. The summed E-state index contributed by atoms with van der Waals surface area (Å²) in [6.07, 6.45) is 1.03. The zero-order chi connectivity index (χ0) is 13.4. The van der Waals surface area contributed by atoms with Crippen molar-refractivity contribution in [3.05, 3.63) is 35.6 Å². The Morgan fingerprint density at radius 3 is 2.61 bits per heavy atom. The molecule has 1 aromatic carbocycles. The van der Waals surface area contributed by atoms with Gasteiger partial charge in [0.2, 0.25) is 0 Å². The van der Waals surface area contributed by atoms with Crippen LogP contribution in [-0.4, -0.2) is 24.1 Å². The van der Waals surface area contributed by atoms with Crippen molar-refractivity contribution in [1.29, 1.82) is 0 Å². The van der Waals surface area contributed by atoms with E-state index >= 15 is 0 Å². The zero-order valence-corrected chi connectivity index (χ0v) is 12.4. The number of hydrogen-bond donors (Lipinski definition) is 1. The molecule has 1 N–H and O–H groups in total. The summed E-state index contributed by atoms with van der Waals surface area (Å²) in [5.74, 6) is 2.42. The molecule has 0 saturated heterocycles. The van der Waals surface area contributed by atoms with Gasteiger partial charge in [0, 0.05) is 18.5 Å². The minimum Gasteiger partial charge on any atom is -0.314 e. The molecule has 0 fully saturated rings. The van der Waals surface area contributed by atoms with E-state index in [2.05, 4.69) is 26.1 Å². The Hall–Kier alpha value is -0.540. The van der Waals surface area contributed by atoms with Gasteiger partial charge in [0.1, 0.15) is 5.82 Å². The molecule has 1 unspecified atom stereocenters. The van der Waals surface area contributed by atoms with Crippen LogP contribution < -0.4 is 5.32 Å². The molecule has 0 spiro atoms. The zero-order valence-electron chi connectivity index (χ0n) is 11.6. The number of benzene rings is 1. The van der Waals surface area contributed by atoms with Gasteiger partial charge in [-0.05, 0) is 29.6 Å². The molecule has 0 heterocycles. The number of nitrogens with one attached hydrogen (secondary N) is 1. The monoisotopic (exact) mass is 269 g/mol. The molecule has 1 nitrogen and oxygen atoms in total. The van der Waals surface area contributed by atoms with Gasteiger partial charge >= 0.3 is 0 Å². The highest BCUT2D eigenvalue weighted by atomic mass is 32.2. The number of halogens is 1. The Balaban J connectivity index is 2.66. The predicted molar refractivity (Wildman–Crippen MR) is 79.9 cm³/mol. The van der Waals surface area contributed by atoms with Crippen molar-refractivity contribution >= 4 is 11.8 Å². The number of hydrogen-bond acceptors (Lipinski definition) is 2. The minimum absolute atomic E-state index is 0.0745. The van der Waals surface area contributed by atoms with Crippen molar-refractivity contribution in [2.45, 2.75) is 39.2 Å². The number of thioether (sulfide) groups is 1. The maximum Gasteiger partial charge on any atom is 0.126 e. The average Bonchev–Trinajstić information content (AvgIpc) is 2.34. The van der Waals surface area contributed by atoms with E-state index in [9.17, 15) is 4.39 Å². The lowest BCUT2D eigenvalue weighted by Gasteiger charge is -2.20. The Kier molecular flexibility index (Phi) is 7.36. The van der Waals surface area contributed by atoms with E-state index in [4.69, 9.17) is 0 Å². The molecule has 0 aliphatic carbocycles. The van der Waals surface area contributed by atoms with Crippen molar-refractivity contribution in [3.8, 4) is 0 Å². The molecular formula is C15H24FNS. The summed E-state index contributed by atoms with van der Waals surface area (Å²) in [7, 11) is 0. The highest BCUT2D eigenvalue weighted by Crippen LogP contribution is 2.23. The van der Waals surface area contributed by atoms with E-state index in [1.54, 1.807) is 12.1 Å². The topological polar surface area (TPSA) is 12.0 Å². The van der Waals surface area contributed by atoms with Crippen LogP contribution in [0.5, 0.6) is 0 Å². The van der Waals surface area contributed by atoms with E-state index in [0.717, 1.165) is 30.0 Å². The molecule has 1 aromatic rings. The van der Waals surface area contributed by atoms with E-state index in [-0.39, 0.29) is 11.7 Å². The van der Waals surface area contributed by atoms with Crippen LogP contribution in [0.4, 0.5) is 4.39 Å². The lowest BCUT2D eigenvalue weighted by Crippen LogP contribution is -2.28. The summed E-state index contributed by atoms with van der Waals surface area (Å²) in [6.45, 7) is 7.26. The molecule has 102 valence electrons. The summed E-state index contributed by atoms with van der Waals surface area (Å²) < 4.78 is 13.8. The van der Waals surface area contributed by atoms with Gasteiger partial charge in [-0.3, -0.25) is 0 Å². The van der Waals surface area contributed by atoms with Crippen LogP contribution in [0.25, 0.3) is 0 Å². The van der Waals surface area contributed by atoms with E-state index in [1.807, 2.05) is 23.9 Å². The fourth-order valence-corrected chi connectivity index (χ4v) is 2.66. The van der Waals surface area contributed by atoms with Gasteiger partial charge in [0.05, 0.1) is 0 Å². The van der Waals surface area contributed by atoms with Crippen LogP contribution in [-0.2, 0) is 0 Å². The van der Waals surface area contributed by atoms with Gasteiger partial charge in [0.15, 0.2) is 0 Å². The molecule has 18 heavy (non-hydrogen) atoms. The molecule has 3 heteroatoms. The van der Waals surface area contributed by atoms with Crippen molar-refractivity contribution in [2.24, 2.45) is 0 Å². The van der Waals surface area contributed by atoms with Crippen LogP contribution in [0.1, 0.15) is 38.7 Å². The molecule has 1 rings (SSSR count). The van der Waals surface area contributed by atoms with Crippen LogP contribution >= 0.6 is 11.8 Å². The van der Waals surface area contributed by atoms with Crippen LogP contribution in [0, 0.1) is 5.82 Å². The molecule has 0 saturated carbocycles. The molecule has 0 aliphatic rings. The highest BCUT2D eigenvalue weighted by molar-refractivity contribution is 7.99. The van der Waals surface area contributed by atoms with Crippen molar-refractivity contribution < 1.29 is 4.39 Å². The molecule has 0 amide bonds. The molecule has 1 atom stereocenters. The maximum atomic E-state index is 13.8. The summed E-state index contributed by atoms with van der Waals surface area (Å²) in [6, 6.07) is 7.60. The smallest absolute Gasteiger partial charge is 0.126 e. The second-order valence-corrected chi connectivity index (χ2v) is 6.16. The first kappa shape index (κ1) is 15.5. The van der Waals surface area contributed by atoms with Crippen molar-refractivity contribution in [1.82, 2.24) is 5.32 Å². The van der Waals surface area contributed by atoms with Crippen molar-refractivity contribution in [2.75, 3.05) is 18.1 Å². The third kappa shape index (κ3) is 5.40. The molecule has 0 radical (unpaired) electrons. The van der Waals surface area contributed by atoms with E-state index in [1.165, 1.54) is 0 Å². The third-order valence-electron chi connectivity index (χ3n) is 2.93. The Morgan fingerprint density at radius 1 is 1.28 bits per heavy atom. The quantitative estimate of drug-likeness (QED) is 0.715. The third-order valence-corrected chi connectivity index (χ3v) is 3.86. The standard InChI is InChI=1S/C15H24FNS/c1-4-18-10-9-13(11-17-12(2)3)14-7-5-6-8-15(14)16/h5-8,12-13,17H,4,9-11H2,1-3H3. The largest absolute Gasteiger partial charge is 0.314 e. The normalized spacial score (nSPS) is 12.9. The molecule has 0 bridgehead atoms. The fourth-order valence-electron chi connectivity index (χ4n) is 1.92. The molecular weight excluding hydrogens is 245 g/mol. The van der Waals surface area contributed by atoms with Gasteiger partial charge in [0.25, 0.3) is 0 Å². The Labute approximate surface area is 115 Å². The summed E-state index contributed by atoms with van der Waals surface area (Å²) >= 11 is 1.92. The minimum atomic E-state index is -0.0745. The van der Waals surface area contributed by atoms with Crippen LogP contribution in [0.2, 0.25) is 0 Å². The van der Waals surface area contributed by atoms with Gasteiger partial charge < -0.3 is 5.32 Å². The first-order valence-electron chi connectivity index (χ1n) is 6.70. The Morgan fingerprint density at radius 2 is 2.00 bits per heavy atom. The first-order chi connectivity index (χ1) is 8.65. The van der Waals surface area contributed by atoms with Gasteiger partial charge in [-0.25, -0.2) is 4.39 Å². The second kappa shape index (κ2) is 8.54. The summed E-state index contributed by atoms with van der Waals surface area (Å²) in [5.41, 5.74) is 0.849. The van der Waals surface area contributed by atoms with Crippen molar-refractivity contribution in [3.63, 3.8) is 0 Å². The summed E-state index contributed by atoms with van der Waals surface area (Å²) in [5, 5.41) is 3.42. The van der Waals surface area contributed by atoms with E-state index in [0.29, 0.717) is 6.04 Å². The highest BCUT2D eigenvalue weighted by Gasteiger charge is 2.15. The van der Waals surface area contributed by atoms with Gasteiger partial charge in [-0.1, -0.05) is 39.0 Å². The lowest BCUT2D eigenvalue weighted by atomic mass is 9.95. The molecule has 0 aromatic heterocycles. The fraction of sp³-hybridized carbons (Fsp3) is 0.600. The average molecular weight is 269 g/mol. The predicted octanol–water partition coefficient (Wildman–Crippen LogP) is 4.05. The maximum absolute atomic E-state index is 13.8. The molecule has 0 aliphatic heterocycles. The van der Waals surface area contributed by atoms with E-state index < -0.39 is 0 Å². The van der Waals surface area contributed by atoms with Gasteiger partial charge in [-0.2, -0.15) is 11.8 Å². The number of rotatable bonds is 8. The van der Waals surface area contributed by atoms with Crippen LogP contribution in [0.3, 0.4) is 0 Å².